The monoisotopic (exact) mass is 263 g/mol. The van der Waals surface area contributed by atoms with Crippen molar-refractivity contribution in [1.82, 2.24) is 9.97 Å². The predicted octanol–water partition coefficient (Wildman–Crippen LogP) is 2.62. The summed E-state index contributed by atoms with van der Waals surface area (Å²) in [5.41, 5.74) is 6.91. The molecule has 2 N–H and O–H groups in total. The van der Waals surface area contributed by atoms with E-state index in [1.807, 2.05) is 6.92 Å². The molecule has 0 aliphatic heterocycles. The van der Waals surface area contributed by atoms with Gasteiger partial charge >= 0.3 is 0 Å². The minimum absolute atomic E-state index is 0.0907. The van der Waals surface area contributed by atoms with Crippen LogP contribution in [-0.2, 0) is 6.42 Å². The SMILES string of the molecule is Cc1cc(-c2cc(F)ccc2F)nc(CC(C)N)n1. The first-order valence-electron chi connectivity index (χ1n) is 6.01. The van der Waals surface area contributed by atoms with Crippen LogP contribution in [0, 0.1) is 18.6 Å². The summed E-state index contributed by atoms with van der Waals surface area (Å²) in [7, 11) is 0. The highest BCUT2D eigenvalue weighted by atomic mass is 19.1. The molecule has 0 fully saturated rings. The second kappa shape index (κ2) is 5.40. The zero-order chi connectivity index (χ0) is 14.0. The number of nitrogens with zero attached hydrogens (tertiary/aromatic N) is 2. The number of hydrogen-bond donors (Lipinski definition) is 1. The second-order valence-electron chi connectivity index (χ2n) is 4.62. The van der Waals surface area contributed by atoms with E-state index in [2.05, 4.69) is 9.97 Å². The van der Waals surface area contributed by atoms with Crippen molar-refractivity contribution in [2.24, 2.45) is 5.73 Å². The van der Waals surface area contributed by atoms with Gasteiger partial charge in [0.1, 0.15) is 17.5 Å². The van der Waals surface area contributed by atoms with Crippen LogP contribution in [0.4, 0.5) is 8.78 Å². The van der Waals surface area contributed by atoms with Crippen molar-refractivity contribution in [3.05, 3.63) is 47.4 Å². The van der Waals surface area contributed by atoms with Gasteiger partial charge in [-0.15, -0.1) is 0 Å². The Morgan fingerprint density at radius 3 is 2.63 bits per heavy atom. The summed E-state index contributed by atoms with van der Waals surface area (Å²) in [6, 6.07) is 4.84. The van der Waals surface area contributed by atoms with Crippen LogP contribution < -0.4 is 5.73 Å². The zero-order valence-electron chi connectivity index (χ0n) is 10.8. The molecule has 0 radical (unpaired) electrons. The van der Waals surface area contributed by atoms with Gasteiger partial charge in [-0.25, -0.2) is 18.7 Å². The molecule has 0 aliphatic carbocycles. The molecular weight excluding hydrogens is 248 g/mol. The summed E-state index contributed by atoms with van der Waals surface area (Å²) < 4.78 is 26.9. The largest absolute Gasteiger partial charge is 0.328 e. The average Bonchev–Trinajstić information content (AvgIpc) is 2.30. The van der Waals surface area contributed by atoms with Crippen molar-refractivity contribution in [3.63, 3.8) is 0 Å². The Labute approximate surface area is 110 Å². The van der Waals surface area contributed by atoms with Gasteiger partial charge in [-0.1, -0.05) is 0 Å². The molecule has 0 saturated heterocycles. The molecule has 0 amide bonds. The number of aromatic nitrogens is 2. The molecule has 1 heterocycles. The van der Waals surface area contributed by atoms with Crippen LogP contribution in [0.1, 0.15) is 18.4 Å². The third-order valence-corrected chi connectivity index (χ3v) is 2.61. The van der Waals surface area contributed by atoms with E-state index in [-0.39, 0.29) is 11.6 Å². The highest BCUT2D eigenvalue weighted by Crippen LogP contribution is 2.22. The standard InChI is InChI=1S/C14H15F2N3/c1-8(17)5-14-18-9(2)6-13(19-14)11-7-10(15)3-4-12(11)16/h3-4,6-8H,5,17H2,1-2H3. The summed E-state index contributed by atoms with van der Waals surface area (Å²) in [5, 5.41) is 0. The number of benzene rings is 1. The van der Waals surface area contributed by atoms with E-state index in [1.54, 1.807) is 13.0 Å². The first-order valence-corrected chi connectivity index (χ1v) is 6.01. The average molecular weight is 263 g/mol. The molecule has 1 aromatic carbocycles. The Hall–Kier alpha value is -1.88. The van der Waals surface area contributed by atoms with E-state index in [9.17, 15) is 8.78 Å². The lowest BCUT2D eigenvalue weighted by molar-refractivity contribution is 0.602. The van der Waals surface area contributed by atoms with Crippen LogP contribution in [0.15, 0.2) is 24.3 Å². The molecule has 5 heteroatoms. The van der Waals surface area contributed by atoms with Crippen LogP contribution in [0.2, 0.25) is 0 Å². The summed E-state index contributed by atoms with van der Waals surface area (Å²) >= 11 is 0. The lowest BCUT2D eigenvalue weighted by atomic mass is 10.1. The van der Waals surface area contributed by atoms with Crippen molar-refractivity contribution < 1.29 is 8.78 Å². The van der Waals surface area contributed by atoms with E-state index in [0.29, 0.717) is 23.6 Å². The van der Waals surface area contributed by atoms with Gasteiger partial charge in [0.05, 0.1) is 5.69 Å². The number of aryl methyl sites for hydroxylation is 1. The quantitative estimate of drug-likeness (QED) is 0.926. The third-order valence-electron chi connectivity index (χ3n) is 2.61. The van der Waals surface area contributed by atoms with Crippen LogP contribution in [-0.4, -0.2) is 16.0 Å². The Kier molecular flexibility index (Phi) is 3.85. The van der Waals surface area contributed by atoms with Crippen molar-refractivity contribution in [1.29, 1.82) is 0 Å². The molecule has 1 unspecified atom stereocenters. The fraction of sp³-hybridized carbons (Fsp3) is 0.286. The van der Waals surface area contributed by atoms with Gasteiger partial charge < -0.3 is 5.73 Å². The van der Waals surface area contributed by atoms with Crippen molar-refractivity contribution in [3.8, 4) is 11.3 Å². The molecule has 3 nitrogen and oxygen atoms in total. The number of nitrogens with two attached hydrogens (primary N) is 1. The topological polar surface area (TPSA) is 51.8 Å². The van der Waals surface area contributed by atoms with E-state index in [4.69, 9.17) is 5.73 Å². The van der Waals surface area contributed by atoms with Crippen LogP contribution >= 0.6 is 0 Å². The smallest absolute Gasteiger partial charge is 0.132 e. The summed E-state index contributed by atoms with van der Waals surface area (Å²) in [6.07, 6.45) is 0.492. The highest BCUT2D eigenvalue weighted by molar-refractivity contribution is 5.60. The minimum atomic E-state index is -0.508. The van der Waals surface area contributed by atoms with Crippen LogP contribution in [0.3, 0.4) is 0 Å². The Bertz CT molecular complexity index is 597. The Balaban J connectivity index is 2.49. The summed E-state index contributed by atoms with van der Waals surface area (Å²) in [6.45, 7) is 3.63. The first kappa shape index (κ1) is 13.5. The molecule has 19 heavy (non-hydrogen) atoms. The maximum atomic E-state index is 13.7. The van der Waals surface area contributed by atoms with E-state index in [1.165, 1.54) is 0 Å². The van der Waals surface area contributed by atoms with Gasteiger partial charge in [0, 0.05) is 23.7 Å². The summed E-state index contributed by atoms with van der Waals surface area (Å²) in [5.74, 6) is -0.471. The molecule has 0 spiro atoms. The van der Waals surface area contributed by atoms with Crippen molar-refractivity contribution >= 4 is 0 Å². The normalized spacial score (nSPS) is 12.5. The Morgan fingerprint density at radius 1 is 1.21 bits per heavy atom. The molecule has 0 aliphatic rings. The highest BCUT2D eigenvalue weighted by Gasteiger charge is 2.11. The third kappa shape index (κ3) is 3.32. The van der Waals surface area contributed by atoms with Gasteiger partial charge in [0.15, 0.2) is 0 Å². The number of rotatable bonds is 3. The molecular formula is C14H15F2N3. The fourth-order valence-electron chi connectivity index (χ4n) is 1.84. The molecule has 0 bridgehead atoms. The van der Waals surface area contributed by atoms with Gasteiger partial charge in [-0.05, 0) is 38.1 Å². The van der Waals surface area contributed by atoms with Crippen molar-refractivity contribution in [2.45, 2.75) is 26.3 Å². The maximum Gasteiger partial charge on any atom is 0.132 e. The molecule has 2 rings (SSSR count). The van der Waals surface area contributed by atoms with Gasteiger partial charge in [-0.2, -0.15) is 0 Å². The minimum Gasteiger partial charge on any atom is -0.328 e. The predicted molar refractivity (Wildman–Crippen MR) is 69.5 cm³/mol. The lowest BCUT2D eigenvalue weighted by Gasteiger charge is -2.08. The molecule has 0 saturated carbocycles. The van der Waals surface area contributed by atoms with Crippen LogP contribution in [0.25, 0.3) is 11.3 Å². The molecule has 1 atom stereocenters. The number of halogens is 2. The van der Waals surface area contributed by atoms with Crippen LogP contribution in [0.5, 0.6) is 0 Å². The first-order chi connectivity index (χ1) is 8.95. The lowest BCUT2D eigenvalue weighted by Crippen LogP contribution is -2.19. The zero-order valence-corrected chi connectivity index (χ0v) is 10.8. The maximum absolute atomic E-state index is 13.7. The molecule has 1 aromatic heterocycles. The van der Waals surface area contributed by atoms with Gasteiger partial charge in [0.25, 0.3) is 0 Å². The van der Waals surface area contributed by atoms with E-state index < -0.39 is 11.6 Å². The summed E-state index contributed by atoms with van der Waals surface area (Å²) in [4.78, 5) is 8.49. The van der Waals surface area contributed by atoms with E-state index >= 15 is 0 Å². The van der Waals surface area contributed by atoms with Gasteiger partial charge in [-0.3, -0.25) is 0 Å². The molecule has 100 valence electrons. The Morgan fingerprint density at radius 2 is 1.95 bits per heavy atom. The second-order valence-corrected chi connectivity index (χ2v) is 4.62. The number of hydrogen-bond acceptors (Lipinski definition) is 3. The van der Waals surface area contributed by atoms with Crippen molar-refractivity contribution in [2.75, 3.05) is 0 Å². The fourth-order valence-corrected chi connectivity index (χ4v) is 1.84. The van der Waals surface area contributed by atoms with E-state index in [0.717, 1.165) is 18.2 Å². The molecule has 2 aromatic rings. The van der Waals surface area contributed by atoms with Gasteiger partial charge in [0.2, 0.25) is 0 Å².